The van der Waals surface area contributed by atoms with Crippen LogP contribution < -0.4 is 5.19 Å². The molecule has 1 aromatic rings. The van der Waals surface area contributed by atoms with E-state index < -0.39 is 29.4 Å². The van der Waals surface area contributed by atoms with E-state index in [1.54, 1.807) is 5.19 Å². The van der Waals surface area contributed by atoms with Crippen molar-refractivity contribution in [3.05, 3.63) is 28.7 Å². The molecule has 5 heteroatoms. The minimum atomic E-state index is -1.40. The first kappa shape index (κ1) is 18.6. The van der Waals surface area contributed by atoms with Gasteiger partial charge in [-0.3, -0.25) is 0 Å². The van der Waals surface area contributed by atoms with Crippen molar-refractivity contribution >= 4 is 50.5 Å². The molecule has 1 rings (SSSR count). The van der Waals surface area contributed by atoms with E-state index in [1.807, 2.05) is 0 Å². The molecule has 0 bridgehead atoms. The second-order valence-corrected chi connectivity index (χ2v) is 50.2. The molecule has 0 atom stereocenters. The zero-order valence-corrected chi connectivity index (χ0v) is 20.3. The second-order valence-electron chi connectivity index (χ2n) is 9.01. The lowest BCUT2D eigenvalue weighted by atomic mass is 10.4. The van der Waals surface area contributed by atoms with Gasteiger partial charge in [-0.2, -0.15) is 0 Å². The largest absolute Gasteiger partial charge is 0.0716 e. The van der Waals surface area contributed by atoms with E-state index in [2.05, 4.69) is 99.1 Å². The van der Waals surface area contributed by atoms with Crippen molar-refractivity contribution in [2.75, 3.05) is 0 Å². The van der Waals surface area contributed by atoms with Crippen LogP contribution in [0.15, 0.2) is 28.7 Å². The molecule has 0 saturated carbocycles. The Bertz CT molecular complexity index is 425. The highest BCUT2D eigenvalue weighted by molar-refractivity contribution is 9.10. The van der Waals surface area contributed by atoms with E-state index >= 15 is 0 Å². The maximum atomic E-state index is 3.61. The molecule has 0 radical (unpaired) electrons. The number of rotatable bonds is 4. The van der Waals surface area contributed by atoms with Crippen LogP contribution in [0.25, 0.3) is 0 Å². The summed E-state index contributed by atoms with van der Waals surface area (Å²) in [5.74, 6) is 0. The first-order chi connectivity index (χ1) is 8.75. The highest BCUT2D eigenvalue weighted by Crippen LogP contribution is 2.36. The fraction of sp³-hybridized carbons (Fsp3) is 0.600. The van der Waals surface area contributed by atoms with Crippen molar-refractivity contribution < 1.29 is 0 Å². The number of halogens is 1. The van der Waals surface area contributed by atoms with Crippen LogP contribution >= 0.6 is 15.9 Å². The lowest BCUT2D eigenvalue weighted by molar-refractivity contribution is 1.66. The van der Waals surface area contributed by atoms with Crippen LogP contribution in [0.2, 0.25) is 58.9 Å². The Hall–Kier alpha value is 0.568. The molecular formula is C15H31BrSi4. The molecule has 0 aliphatic carbocycles. The van der Waals surface area contributed by atoms with E-state index in [4.69, 9.17) is 0 Å². The Labute approximate surface area is 137 Å². The van der Waals surface area contributed by atoms with Gasteiger partial charge in [0.05, 0.1) is 6.63 Å². The highest BCUT2D eigenvalue weighted by atomic mass is 79.9. The Morgan fingerprint density at radius 2 is 0.900 bits per heavy atom. The van der Waals surface area contributed by atoms with Gasteiger partial charge < -0.3 is 0 Å². The Kier molecular flexibility index (Phi) is 5.25. The van der Waals surface area contributed by atoms with Crippen molar-refractivity contribution in [2.24, 2.45) is 0 Å². The standard InChI is InChI=1S/C15H31BrSi4/c1-17(2,3)20(18(4,5)6,19(7,8)9)15-12-10-14(16)11-13-15/h10-13H,1-9H3. The van der Waals surface area contributed by atoms with E-state index in [1.165, 1.54) is 4.47 Å². The van der Waals surface area contributed by atoms with Crippen molar-refractivity contribution in [3.63, 3.8) is 0 Å². The lowest BCUT2D eigenvalue weighted by Crippen LogP contribution is -2.88. The quantitative estimate of drug-likeness (QED) is 0.594. The molecular weight excluding hydrogens is 372 g/mol. The zero-order chi connectivity index (χ0) is 16.0. The molecule has 0 N–H and O–H groups in total. The third kappa shape index (κ3) is 3.02. The summed E-state index contributed by atoms with van der Waals surface area (Å²) in [4.78, 5) is 0. The summed E-state index contributed by atoms with van der Waals surface area (Å²) < 4.78 is 1.21. The van der Waals surface area contributed by atoms with Gasteiger partial charge in [-0.1, -0.05) is 92.2 Å². The maximum absolute atomic E-state index is 3.61. The van der Waals surface area contributed by atoms with E-state index in [0.717, 1.165) is 0 Å². The normalized spacial score (nSPS) is 14.5. The number of hydrogen-bond acceptors (Lipinski definition) is 0. The fourth-order valence-corrected chi connectivity index (χ4v) is 106. The van der Waals surface area contributed by atoms with Gasteiger partial charge in [0.15, 0.2) is 0 Å². The van der Waals surface area contributed by atoms with Crippen molar-refractivity contribution in [1.29, 1.82) is 0 Å². The topological polar surface area (TPSA) is 0 Å². The first-order valence-corrected chi connectivity index (χ1v) is 23.8. The van der Waals surface area contributed by atoms with Crippen LogP contribution in [-0.2, 0) is 0 Å². The minimum absolute atomic E-state index is 1.21. The molecule has 0 aromatic heterocycles. The molecule has 1 aromatic carbocycles. The van der Waals surface area contributed by atoms with Crippen molar-refractivity contribution in [3.8, 4) is 0 Å². The Balaban J connectivity index is 3.77. The fourth-order valence-electron chi connectivity index (χ4n) is 5.37. The first-order valence-electron chi connectivity index (χ1n) is 7.51. The van der Waals surface area contributed by atoms with E-state index in [-0.39, 0.29) is 0 Å². The zero-order valence-electron chi connectivity index (χ0n) is 14.7. The van der Waals surface area contributed by atoms with Crippen LogP contribution in [0.5, 0.6) is 0 Å². The number of benzene rings is 1. The maximum Gasteiger partial charge on any atom is 0.0685 e. The molecule has 0 amide bonds. The van der Waals surface area contributed by atoms with Gasteiger partial charge in [-0.25, -0.2) is 0 Å². The molecule has 0 fully saturated rings. The average Bonchev–Trinajstić information content (AvgIpc) is 2.14. The molecule has 0 saturated heterocycles. The third-order valence-electron chi connectivity index (χ3n) is 4.65. The Morgan fingerprint density at radius 3 is 1.15 bits per heavy atom. The van der Waals surface area contributed by atoms with Gasteiger partial charge in [0.25, 0.3) is 0 Å². The van der Waals surface area contributed by atoms with Gasteiger partial charge in [0, 0.05) is 27.2 Å². The Morgan fingerprint density at radius 1 is 0.600 bits per heavy atom. The molecule has 0 unspecified atom stereocenters. The van der Waals surface area contributed by atoms with Gasteiger partial charge in [0.1, 0.15) is 0 Å². The van der Waals surface area contributed by atoms with E-state index in [0.29, 0.717) is 0 Å². The highest BCUT2D eigenvalue weighted by Gasteiger charge is 2.62. The summed E-state index contributed by atoms with van der Waals surface area (Å²) in [6, 6.07) is 9.48. The van der Waals surface area contributed by atoms with Gasteiger partial charge in [0.2, 0.25) is 0 Å². The molecule has 0 spiro atoms. The molecule has 0 heterocycles. The number of hydrogen-bond donors (Lipinski definition) is 0. The minimum Gasteiger partial charge on any atom is -0.0716 e. The lowest BCUT2D eigenvalue weighted by Gasteiger charge is -2.57. The van der Waals surface area contributed by atoms with Crippen molar-refractivity contribution in [1.82, 2.24) is 0 Å². The summed E-state index contributed by atoms with van der Waals surface area (Å²) in [7, 11) is -3.66. The molecule has 20 heavy (non-hydrogen) atoms. The summed E-state index contributed by atoms with van der Waals surface area (Å²) in [6.07, 6.45) is 0. The van der Waals surface area contributed by atoms with Crippen LogP contribution in [0.1, 0.15) is 0 Å². The second kappa shape index (κ2) is 5.65. The molecule has 0 aliphatic rings. The SMILES string of the molecule is C[Si](C)(C)[Si](c1ccc(Br)cc1)([Si](C)(C)C)[Si](C)(C)C. The van der Waals surface area contributed by atoms with Gasteiger partial charge in [-0.05, 0) is 12.1 Å². The smallest absolute Gasteiger partial charge is 0.0685 e. The van der Waals surface area contributed by atoms with Crippen LogP contribution in [0.4, 0.5) is 0 Å². The van der Waals surface area contributed by atoms with Crippen molar-refractivity contribution in [2.45, 2.75) is 58.9 Å². The summed E-state index contributed by atoms with van der Waals surface area (Å²) in [5, 5.41) is 1.76. The van der Waals surface area contributed by atoms with Crippen LogP contribution in [-0.4, -0.2) is 29.4 Å². The van der Waals surface area contributed by atoms with E-state index in [9.17, 15) is 0 Å². The summed E-state index contributed by atoms with van der Waals surface area (Å²) in [5.41, 5.74) is 0. The molecule has 0 aliphatic heterocycles. The summed E-state index contributed by atoms with van der Waals surface area (Å²) in [6.45, 7) is 22.5. The third-order valence-corrected chi connectivity index (χ3v) is 76.5. The van der Waals surface area contributed by atoms with Crippen LogP contribution in [0.3, 0.4) is 0 Å². The monoisotopic (exact) mass is 402 g/mol. The van der Waals surface area contributed by atoms with Crippen LogP contribution in [0, 0.1) is 0 Å². The predicted octanol–water partition coefficient (Wildman–Crippen LogP) is 5.35. The molecule has 114 valence electrons. The molecule has 0 nitrogen and oxygen atoms in total. The average molecular weight is 404 g/mol. The summed E-state index contributed by atoms with van der Waals surface area (Å²) >= 11 is 3.61. The van der Waals surface area contributed by atoms with Gasteiger partial charge in [-0.15, -0.1) is 0 Å². The van der Waals surface area contributed by atoms with Gasteiger partial charge >= 0.3 is 0 Å². The predicted molar refractivity (Wildman–Crippen MR) is 110 cm³/mol.